The molecule has 3 fully saturated rings. The van der Waals surface area contributed by atoms with E-state index in [0.29, 0.717) is 42.4 Å². The fourth-order valence-corrected chi connectivity index (χ4v) is 6.39. The number of aliphatic hydroxyl groups excluding tert-OH is 2. The summed E-state index contributed by atoms with van der Waals surface area (Å²) in [7, 11) is 0. The lowest BCUT2D eigenvalue weighted by molar-refractivity contribution is 0.0436. The monoisotopic (exact) mass is 416 g/mol. The van der Waals surface area contributed by atoms with Crippen molar-refractivity contribution in [3.8, 4) is 0 Å². The number of hydrogen-bond donors (Lipinski definition) is 3. The summed E-state index contributed by atoms with van der Waals surface area (Å²) in [5.41, 5.74) is 2.43. The summed E-state index contributed by atoms with van der Waals surface area (Å²) in [5, 5.41) is 30.2. The van der Waals surface area contributed by atoms with Gasteiger partial charge in [0.05, 0.1) is 17.8 Å². The zero-order valence-corrected chi connectivity index (χ0v) is 19.8. The highest BCUT2D eigenvalue weighted by Gasteiger charge is 2.50. The Labute approximate surface area is 184 Å². The summed E-state index contributed by atoms with van der Waals surface area (Å²) in [6, 6.07) is 0. The van der Waals surface area contributed by atoms with E-state index < -0.39 is 17.8 Å². The van der Waals surface area contributed by atoms with Crippen LogP contribution in [0.2, 0.25) is 0 Å². The maximum absolute atomic E-state index is 10.2. The Bertz CT molecular complexity index is 671. The first-order valence-corrected chi connectivity index (χ1v) is 12.2. The van der Waals surface area contributed by atoms with Gasteiger partial charge in [0.1, 0.15) is 0 Å². The standard InChI is InChI=1S/C27H44O3/c1-18(8-9-19(2)26(3,4)30)24-12-13-25-21(7-6-14-27(24,25)5)11-10-20-15-22(28)17-23(29)16-20/h8-11,18-19,22-25,28-30H,6-7,12-17H2,1-5H3/b9-8+,20-10?,21-11+/t18-,19+,22-,23?,24-,25?,27-/m1/s1. The molecule has 170 valence electrons. The van der Waals surface area contributed by atoms with E-state index in [1.54, 1.807) is 5.57 Å². The molecule has 3 aliphatic carbocycles. The van der Waals surface area contributed by atoms with Gasteiger partial charge >= 0.3 is 0 Å². The minimum Gasteiger partial charge on any atom is -0.393 e. The van der Waals surface area contributed by atoms with E-state index in [1.807, 2.05) is 13.8 Å². The Kier molecular flexibility index (Phi) is 7.37. The average molecular weight is 417 g/mol. The van der Waals surface area contributed by atoms with Crippen LogP contribution in [-0.4, -0.2) is 33.1 Å². The molecule has 7 atom stereocenters. The van der Waals surface area contributed by atoms with Crippen molar-refractivity contribution in [3.63, 3.8) is 0 Å². The van der Waals surface area contributed by atoms with Gasteiger partial charge in [0.25, 0.3) is 0 Å². The van der Waals surface area contributed by atoms with Crippen LogP contribution in [0.1, 0.15) is 86.0 Å². The van der Waals surface area contributed by atoms with Crippen LogP contribution in [-0.2, 0) is 0 Å². The third-order valence-electron chi connectivity index (χ3n) is 8.56. The molecule has 0 bridgehead atoms. The summed E-state index contributed by atoms with van der Waals surface area (Å²) in [4.78, 5) is 0. The van der Waals surface area contributed by atoms with Gasteiger partial charge < -0.3 is 15.3 Å². The lowest BCUT2D eigenvalue weighted by Gasteiger charge is -2.44. The third kappa shape index (κ3) is 5.29. The van der Waals surface area contributed by atoms with Crippen LogP contribution in [0.3, 0.4) is 0 Å². The van der Waals surface area contributed by atoms with E-state index in [0.717, 1.165) is 0 Å². The van der Waals surface area contributed by atoms with Gasteiger partial charge in [-0.05, 0) is 88.4 Å². The Morgan fingerprint density at radius 3 is 2.33 bits per heavy atom. The van der Waals surface area contributed by atoms with Crippen LogP contribution < -0.4 is 0 Å². The molecule has 3 heteroatoms. The number of rotatable bonds is 5. The molecule has 3 nitrogen and oxygen atoms in total. The Morgan fingerprint density at radius 2 is 1.70 bits per heavy atom. The zero-order chi connectivity index (χ0) is 22.1. The van der Waals surface area contributed by atoms with Crippen LogP contribution in [0.15, 0.2) is 35.5 Å². The van der Waals surface area contributed by atoms with Crippen LogP contribution in [0.25, 0.3) is 0 Å². The van der Waals surface area contributed by atoms with Gasteiger partial charge in [0, 0.05) is 5.92 Å². The number of hydrogen-bond acceptors (Lipinski definition) is 3. The third-order valence-corrected chi connectivity index (χ3v) is 8.56. The maximum Gasteiger partial charge on any atom is 0.0651 e. The van der Waals surface area contributed by atoms with Crippen molar-refractivity contribution in [2.75, 3.05) is 0 Å². The fourth-order valence-electron chi connectivity index (χ4n) is 6.39. The molecule has 2 unspecified atom stereocenters. The molecule has 0 aromatic rings. The van der Waals surface area contributed by atoms with Crippen LogP contribution in [0, 0.1) is 29.1 Å². The molecule has 0 saturated heterocycles. The van der Waals surface area contributed by atoms with E-state index in [9.17, 15) is 15.3 Å². The summed E-state index contributed by atoms with van der Waals surface area (Å²) in [6.45, 7) is 10.7. The SMILES string of the molecule is C[C@H](/C=C/[C@H](C)C(C)(C)O)[C@H]1CCC2/C(=C/C=C3CC(O)C[C@H](O)C3)CCC[C@@]21C. The van der Waals surface area contributed by atoms with Crippen LogP contribution in [0.5, 0.6) is 0 Å². The Morgan fingerprint density at radius 1 is 1.03 bits per heavy atom. The molecule has 0 radical (unpaired) electrons. The summed E-state index contributed by atoms with van der Waals surface area (Å²) in [5.74, 6) is 2.00. The highest BCUT2D eigenvalue weighted by atomic mass is 16.3. The highest BCUT2D eigenvalue weighted by Crippen LogP contribution is 2.59. The summed E-state index contributed by atoms with van der Waals surface area (Å²) < 4.78 is 0. The molecule has 3 rings (SSSR count). The number of aliphatic hydroxyl groups is 3. The van der Waals surface area contributed by atoms with E-state index in [1.165, 1.54) is 37.7 Å². The lowest BCUT2D eigenvalue weighted by atomic mass is 9.61. The maximum atomic E-state index is 10.2. The first kappa shape index (κ1) is 23.8. The van der Waals surface area contributed by atoms with E-state index >= 15 is 0 Å². The van der Waals surface area contributed by atoms with E-state index in [4.69, 9.17) is 0 Å². The van der Waals surface area contributed by atoms with E-state index in [-0.39, 0.29) is 5.92 Å². The molecule has 3 N–H and O–H groups in total. The van der Waals surface area contributed by atoms with Crippen molar-refractivity contribution < 1.29 is 15.3 Å². The minimum absolute atomic E-state index is 0.152. The lowest BCUT2D eigenvalue weighted by Crippen LogP contribution is -2.35. The quantitative estimate of drug-likeness (QED) is 0.514. The molecule has 30 heavy (non-hydrogen) atoms. The van der Waals surface area contributed by atoms with Crippen molar-refractivity contribution in [3.05, 3.63) is 35.5 Å². The second kappa shape index (κ2) is 9.30. The molecule has 0 spiro atoms. The van der Waals surface area contributed by atoms with Crippen molar-refractivity contribution in [1.82, 2.24) is 0 Å². The first-order valence-electron chi connectivity index (χ1n) is 12.2. The van der Waals surface area contributed by atoms with Crippen molar-refractivity contribution in [2.24, 2.45) is 29.1 Å². The average Bonchev–Trinajstić information content (AvgIpc) is 3.00. The molecule has 3 saturated carbocycles. The molecular weight excluding hydrogens is 372 g/mol. The molecule has 0 aromatic heterocycles. The molecule has 0 heterocycles. The predicted octanol–water partition coefficient (Wildman–Crippen LogP) is 5.56. The van der Waals surface area contributed by atoms with Crippen LogP contribution in [0.4, 0.5) is 0 Å². The van der Waals surface area contributed by atoms with Gasteiger partial charge in [-0.15, -0.1) is 0 Å². The molecule has 0 amide bonds. The normalized spacial score (nSPS) is 40.1. The topological polar surface area (TPSA) is 60.7 Å². The van der Waals surface area contributed by atoms with Gasteiger partial charge in [-0.1, -0.05) is 56.2 Å². The number of fused-ring (bicyclic) bond motifs is 1. The van der Waals surface area contributed by atoms with Crippen molar-refractivity contribution >= 4 is 0 Å². The van der Waals surface area contributed by atoms with Crippen molar-refractivity contribution in [2.45, 2.75) is 104 Å². The van der Waals surface area contributed by atoms with Crippen molar-refractivity contribution in [1.29, 1.82) is 0 Å². The summed E-state index contributed by atoms with van der Waals surface area (Å²) >= 11 is 0. The minimum atomic E-state index is -0.674. The zero-order valence-electron chi connectivity index (χ0n) is 19.8. The first-order chi connectivity index (χ1) is 14.0. The van der Waals surface area contributed by atoms with Gasteiger partial charge in [-0.25, -0.2) is 0 Å². The highest BCUT2D eigenvalue weighted by molar-refractivity contribution is 5.26. The second-order valence-electron chi connectivity index (χ2n) is 11.3. The van der Waals surface area contributed by atoms with Gasteiger partial charge in [-0.2, -0.15) is 0 Å². The van der Waals surface area contributed by atoms with Gasteiger partial charge in [-0.3, -0.25) is 0 Å². The largest absolute Gasteiger partial charge is 0.393 e. The fraction of sp³-hybridized carbons (Fsp3) is 0.778. The molecule has 0 aromatic carbocycles. The predicted molar refractivity (Wildman–Crippen MR) is 124 cm³/mol. The molecule has 0 aliphatic heterocycles. The second-order valence-corrected chi connectivity index (χ2v) is 11.3. The Hall–Kier alpha value is -0.900. The molecule has 3 aliphatic rings. The van der Waals surface area contributed by atoms with E-state index in [2.05, 4.69) is 45.1 Å². The van der Waals surface area contributed by atoms with Gasteiger partial charge in [0.2, 0.25) is 0 Å². The summed E-state index contributed by atoms with van der Waals surface area (Å²) in [6.07, 6.45) is 16.5. The number of allylic oxidation sites excluding steroid dienone is 4. The van der Waals surface area contributed by atoms with Crippen LogP contribution >= 0.6 is 0 Å². The van der Waals surface area contributed by atoms with Gasteiger partial charge in [0.15, 0.2) is 0 Å². The molecular formula is C27H44O3. The Balaban J connectivity index is 1.73. The smallest absolute Gasteiger partial charge is 0.0651 e.